The zero-order valence-corrected chi connectivity index (χ0v) is 5.48. The number of sulfonamides is 1. The maximum atomic E-state index is 10.3. The molecule has 0 amide bonds. The molecule has 0 aliphatic heterocycles. The summed E-state index contributed by atoms with van der Waals surface area (Å²) in [5, 5.41) is 4.06. The van der Waals surface area contributed by atoms with Gasteiger partial charge in [-0.05, 0) is 6.92 Å². The highest BCUT2D eigenvalue weighted by Gasteiger charge is 2.11. The van der Waals surface area contributed by atoms with E-state index in [9.17, 15) is 8.42 Å². The van der Waals surface area contributed by atoms with E-state index in [2.05, 4.69) is 5.14 Å². The Bertz CT molecular complexity index is 151. The van der Waals surface area contributed by atoms with E-state index in [4.69, 9.17) is 5.73 Å². The van der Waals surface area contributed by atoms with Crippen molar-refractivity contribution in [1.82, 2.24) is 0 Å². The quantitative estimate of drug-likeness (QED) is 0.493. The summed E-state index contributed by atoms with van der Waals surface area (Å²) in [5.41, 5.74) is 5.00. The van der Waals surface area contributed by atoms with Crippen molar-refractivity contribution < 1.29 is 8.42 Å². The second-order valence-corrected chi connectivity index (χ2v) is 3.62. The van der Waals surface area contributed by atoms with Gasteiger partial charge in [-0.2, -0.15) is 0 Å². The Morgan fingerprint density at radius 1 is 1.62 bits per heavy atom. The Kier molecular flexibility index (Phi) is 2.39. The standard InChI is InChI=1S/C3H10N2O2S/c1-3(2-4)8(5,6)7/h3H,2,4H2,1H3,(H2,5,6,7)/t3-/m1/s1. The Morgan fingerprint density at radius 3 is 2.00 bits per heavy atom. The van der Waals surface area contributed by atoms with Crippen molar-refractivity contribution in [2.24, 2.45) is 10.9 Å². The van der Waals surface area contributed by atoms with Gasteiger partial charge >= 0.3 is 0 Å². The van der Waals surface area contributed by atoms with E-state index in [1.807, 2.05) is 0 Å². The molecule has 0 aromatic rings. The number of rotatable bonds is 2. The van der Waals surface area contributed by atoms with Gasteiger partial charge < -0.3 is 5.73 Å². The van der Waals surface area contributed by atoms with Crippen LogP contribution in [0.4, 0.5) is 0 Å². The molecule has 50 valence electrons. The van der Waals surface area contributed by atoms with Crippen molar-refractivity contribution in [3.8, 4) is 0 Å². The minimum Gasteiger partial charge on any atom is -0.329 e. The molecule has 5 heteroatoms. The molecule has 0 radical (unpaired) electrons. The summed E-state index contributed by atoms with van der Waals surface area (Å²) in [6, 6.07) is 0. The van der Waals surface area contributed by atoms with Crippen LogP contribution in [0.25, 0.3) is 0 Å². The smallest absolute Gasteiger partial charge is 0.212 e. The van der Waals surface area contributed by atoms with Crippen LogP contribution in [0.3, 0.4) is 0 Å². The van der Waals surface area contributed by atoms with Crippen molar-refractivity contribution in [2.75, 3.05) is 6.54 Å². The average Bonchev–Trinajstić information content (AvgIpc) is 1.62. The van der Waals surface area contributed by atoms with Crippen LogP contribution in [0.5, 0.6) is 0 Å². The Balaban J connectivity index is 4.04. The van der Waals surface area contributed by atoms with Crippen molar-refractivity contribution >= 4 is 10.0 Å². The van der Waals surface area contributed by atoms with Gasteiger partial charge in [0.05, 0.1) is 5.25 Å². The van der Waals surface area contributed by atoms with Crippen LogP contribution in [-0.2, 0) is 10.0 Å². The molecule has 0 aliphatic carbocycles. The van der Waals surface area contributed by atoms with Gasteiger partial charge in [0.2, 0.25) is 10.0 Å². The van der Waals surface area contributed by atoms with E-state index in [1.165, 1.54) is 6.92 Å². The number of primary sulfonamides is 1. The lowest BCUT2D eigenvalue weighted by atomic mass is 10.5. The first-order chi connectivity index (χ1) is 3.48. The molecule has 1 atom stereocenters. The Labute approximate surface area is 48.9 Å². The van der Waals surface area contributed by atoms with Crippen LogP contribution in [-0.4, -0.2) is 20.2 Å². The first-order valence-electron chi connectivity index (χ1n) is 2.20. The minimum atomic E-state index is -3.38. The highest BCUT2D eigenvalue weighted by molar-refractivity contribution is 7.89. The third-order valence-corrected chi connectivity index (χ3v) is 2.21. The first-order valence-corrected chi connectivity index (χ1v) is 3.81. The molecule has 0 aliphatic rings. The molecular formula is C3H10N2O2S. The molecule has 0 fully saturated rings. The molecule has 0 aromatic carbocycles. The van der Waals surface area contributed by atoms with Crippen LogP contribution in [0.15, 0.2) is 0 Å². The van der Waals surface area contributed by atoms with E-state index in [0.29, 0.717) is 0 Å². The third-order valence-electron chi connectivity index (χ3n) is 0.893. The molecular weight excluding hydrogens is 128 g/mol. The molecule has 0 saturated heterocycles. The van der Waals surface area contributed by atoms with Gasteiger partial charge in [0.15, 0.2) is 0 Å². The molecule has 0 aromatic heterocycles. The van der Waals surface area contributed by atoms with Crippen molar-refractivity contribution in [3.63, 3.8) is 0 Å². The zero-order valence-electron chi connectivity index (χ0n) is 4.66. The number of nitrogens with two attached hydrogens (primary N) is 2. The van der Waals surface area contributed by atoms with Crippen molar-refractivity contribution in [1.29, 1.82) is 0 Å². The van der Waals surface area contributed by atoms with Crippen LogP contribution in [0.2, 0.25) is 0 Å². The lowest BCUT2D eigenvalue weighted by Crippen LogP contribution is -2.32. The second kappa shape index (κ2) is 2.43. The molecule has 4 N–H and O–H groups in total. The molecule has 0 unspecified atom stereocenters. The van der Waals surface area contributed by atoms with E-state index in [0.717, 1.165) is 0 Å². The zero-order chi connectivity index (χ0) is 6.78. The van der Waals surface area contributed by atoms with E-state index in [1.54, 1.807) is 0 Å². The summed E-state index contributed by atoms with van der Waals surface area (Å²) >= 11 is 0. The summed E-state index contributed by atoms with van der Waals surface area (Å²) in [6.45, 7) is 1.55. The van der Waals surface area contributed by atoms with Gasteiger partial charge in [0.25, 0.3) is 0 Å². The van der Waals surface area contributed by atoms with E-state index in [-0.39, 0.29) is 6.54 Å². The fourth-order valence-electron chi connectivity index (χ4n) is 0.134. The lowest BCUT2D eigenvalue weighted by molar-refractivity contribution is 0.586. The van der Waals surface area contributed by atoms with Gasteiger partial charge in [0.1, 0.15) is 0 Å². The van der Waals surface area contributed by atoms with Crippen LogP contribution in [0, 0.1) is 0 Å². The second-order valence-electron chi connectivity index (χ2n) is 1.64. The monoisotopic (exact) mass is 138 g/mol. The Hall–Kier alpha value is -0.130. The topological polar surface area (TPSA) is 86.2 Å². The maximum absolute atomic E-state index is 10.3. The van der Waals surface area contributed by atoms with Crippen LogP contribution in [0.1, 0.15) is 6.92 Å². The summed E-state index contributed by atoms with van der Waals surface area (Å²) in [6.07, 6.45) is 0. The fraction of sp³-hybridized carbons (Fsp3) is 1.00. The molecule has 0 bridgehead atoms. The van der Waals surface area contributed by atoms with Crippen molar-refractivity contribution in [2.45, 2.75) is 12.2 Å². The average molecular weight is 138 g/mol. The predicted molar refractivity (Wildman–Crippen MR) is 31.6 cm³/mol. The molecule has 0 rings (SSSR count). The largest absolute Gasteiger partial charge is 0.329 e. The lowest BCUT2D eigenvalue weighted by Gasteiger charge is -2.02. The third kappa shape index (κ3) is 2.25. The molecule has 8 heavy (non-hydrogen) atoms. The molecule has 0 heterocycles. The van der Waals surface area contributed by atoms with Gasteiger partial charge in [-0.15, -0.1) is 0 Å². The number of hydrogen-bond acceptors (Lipinski definition) is 3. The summed E-state index contributed by atoms with van der Waals surface area (Å²) < 4.78 is 20.5. The first kappa shape index (κ1) is 7.87. The normalized spacial score (nSPS) is 15.9. The van der Waals surface area contributed by atoms with E-state index < -0.39 is 15.3 Å². The SMILES string of the molecule is C[C@H](CN)S(N)(=O)=O. The fourth-order valence-corrected chi connectivity index (χ4v) is 0.402. The maximum Gasteiger partial charge on any atom is 0.212 e. The van der Waals surface area contributed by atoms with Crippen LogP contribution >= 0.6 is 0 Å². The predicted octanol–water partition coefficient (Wildman–Crippen LogP) is -1.38. The molecule has 4 nitrogen and oxygen atoms in total. The molecule has 0 spiro atoms. The summed E-state index contributed by atoms with van der Waals surface area (Å²) in [7, 11) is -3.38. The van der Waals surface area contributed by atoms with Gasteiger partial charge in [-0.3, -0.25) is 0 Å². The number of hydrogen-bond donors (Lipinski definition) is 2. The van der Waals surface area contributed by atoms with Crippen molar-refractivity contribution in [3.05, 3.63) is 0 Å². The van der Waals surface area contributed by atoms with Gasteiger partial charge in [-0.1, -0.05) is 0 Å². The van der Waals surface area contributed by atoms with Gasteiger partial charge in [-0.25, -0.2) is 13.6 Å². The summed E-state index contributed by atoms with van der Waals surface area (Å²) in [5.74, 6) is 0. The highest BCUT2D eigenvalue weighted by Crippen LogP contribution is 1.88. The van der Waals surface area contributed by atoms with E-state index >= 15 is 0 Å². The van der Waals surface area contributed by atoms with Crippen LogP contribution < -0.4 is 10.9 Å². The Morgan fingerprint density at radius 2 is 2.00 bits per heavy atom. The van der Waals surface area contributed by atoms with Gasteiger partial charge in [0, 0.05) is 6.54 Å². The minimum absolute atomic E-state index is 0.0822. The summed E-state index contributed by atoms with van der Waals surface area (Å²) in [4.78, 5) is 0. The molecule has 0 saturated carbocycles. The highest BCUT2D eigenvalue weighted by atomic mass is 32.2.